The largest absolute Gasteiger partial charge is 0.462 e. The van der Waals surface area contributed by atoms with Gasteiger partial charge < -0.3 is 10.5 Å². The Labute approximate surface area is 111 Å². The summed E-state index contributed by atoms with van der Waals surface area (Å²) in [4.78, 5) is 15.8. The van der Waals surface area contributed by atoms with E-state index in [4.69, 9.17) is 10.5 Å². The summed E-state index contributed by atoms with van der Waals surface area (Å²) in [7, 11) is 0. The first-order valence-corrected chi connectivity index (χ1v) is 6.05. The van der Waals surface area contributed by atoms with Gasteiger partial charge in [-0.3, -0.25) is 4.98 Å². The fourth-order valence-electron chi connectivity index (χ4n) is 1.59. The van der Waals surface area contributed by atoms with Crippen molar-refractivity contribution in [2.24, 2.45) is 5.73 Å². The molecule has 0 saturated carbocycles. The van der Waals surface area contributed by atoms with Gasteiger partial charge in [0.15, 0.2) is 0 Å². The minimum absolute atomic E-state index is 0.109. The minimum atomic E-state index is -0.381. The first kappa shape index (κ1) is 13.2. The molecule has 2 rings (SSSR count). The maximum absolute atomic E-state index is 11.5. The summed E-state index contributed by atoms with van der Waals surface area (Å²) in [5, 5.41) is 4.11. The Morgan fingerprint density at radius 3 is 2.84 bits per heavy atom. The van der Waals surface area contributed by atoms with Crippen molar-refractivity contribution in [1.29, 1.82) is 0 Å². The van der Waals surface area contributed by atoms with E-state index >= 15 is 0 Å². The van der Waals surface area contributed by atoms with Crippen LogP contribution in [0.5, 0.6) is 0 Å². The van der Waals surface area contributed by atoms with Crippen LogP contribution in [0, 0.1) is 0 Å². The Kier molecular flexibility index (Phi) is 3.91. The summed E-state index contributed by atoms with van der Waals surface area (Å²) in [6.45, 7) is 3.97. The van der Waals surface area contributed by atoms with Crippen molar-refractivity contribution in [3.05, 3.63) is 42.0 Å². The molecule has 100 valence electrons. The van der Waals surface area contributed by atoms with Gasteiger partial charge in [-0.1, -0.05) is 0 Å². The molecule has 1 atom stereocenters. The predicted molar refractivity (Wildman–Crippen MR) is 69.9 cm³/mol. The molecular formula is C13H16N4O2. The zero-order chi connectivity index (χ0) is 13.8. The van der Waals surface area contributed by atoms with Crippen LogP contribution in [0.1, 0.15) is 35.9 Å². The highest BCUT2D eigenvalue weighted by molar-refractivity contribution is 5.88. The standard InChI is InChI=1S/C13H16N4O2/c1-3-19-13(18)10-6-16-17(8-10)11-4-5-12(9(2)14)15-7-11/h4-9H,3,14H2,1-2H3. The molecule has 19 heavy (non-hydrogen) atoms. The zero-order valence-electron chi connectivity index (χ0n) is 10.9. The van der Waals surface area contributed by atoms with E-state index in [1.165, 1.54) is 6.20 Å². The van der Waals surface area contributed by atoms with Gasteiger partial charge in [-0.05, 0) is 26.0 Å². The van der Waals surface area contributed by atoms with Gasteiger partial charge in [-0.25, -0.2) is 9.48 Å². The molecule has 0 saturated heterocycles. The summed E-state index contributed by atoms with van der Waals surface area (Å²) < 4.78 is 6.48. The van der Waals surface area contributed by atoms with E-state index in [9.17, 15) is 4.79 Å². The highest BCUT2D eigenvalue weighted by Gasteiger charge is 2.10. The lowest BCUT2D eigenvalue weighted by Gasteiger charge is -2.05. The van der Waals surface area contributed by atoms with E-state index in [1.54, 1.807) is 24.0 Å². The number of ether oxygens (including phenoxy) is 1. The van der Waals surface area contributed by atoms with Gasteiger partial charge >= 0.3 is 5.97 Å². The minimum Gasteiger partial charge on any atom is -0.462 e. The van der Waals surface area contributed by atoms with E-state index in [2.05, 4.69) is 10.1 Å². The van der Waals surface area contributed by atoms with Crippen molar-refractivity contribution < 1.29 is 9.53 Å². The number of aromatic nitrogens is 3. The molecule has 2 heterocycles. The van der Waals surface area contributed by atoms with Crippen molar-refractivity contribution in [1.82, 2.24) is 14.8 Å². The van der Waals surface area contributed by atoms with Crippen LogP contribution in [0.2, 0.25) is 0 Å². The van der Waals surface area contributed by atoms with Gasteiger partial charge in [-0.15, -0.1) is 0 Å². The average molecular weight is 260 g/mol. The average Bonchev–Trinajstić information content (AvgIpc) is 2.89. The normalized spacial score (nSPS) is 12.2. The van der Waals surface area contributed by atoms with Gasteiger partial charge in [0.2, 0.25) is 0 Å². The van der Waals surface area contributed by atoms with Gasteiger partial charge in [-0.2, -0.15) is 5.10 Å². The van der Waals surface area contributed by atoms with Crippen LogP contribution in [0.3, 0.4) is 0 Å². The van der Waals surface area contributed by atoms with Gasteiger partial charge in [0.05, 0.1) is 35.9 Å². The van der Waals surface area contributed by atoms with E-state index in [1.807, 2.05) is 19.1 Å². The third-order valence-electron chi connectivity index (χ3n) is 2.60. The summed E-state index contributed by atoms with van der Waals surface area (Å²) in [6.07, 6.45) is 4.75. The number of carbonyl (C=O) groups is 1. The Morgan fingerprint density at radius 1 is 1.47 bits per heavy atom. The SMILES string of the molecule is CCOC(=O)c1cnn(-c2ccc(C(C)N)nc2)c1. The second kappa shape index (κ2) is 5.62. The van der Waals surface area contributed by atoms with Crippen LogP contribution in [0.15, 0.2) is 30.7 Å². The quantitative estimate of drug-likeness (QED) is 0.841. The molecule has 0 aromatic carbocycles. The Balaban J connectivity index is 2.20. The van der Waals surface area contributed by atoms with Gasteiger partial charge in [0, 0.05) is 12.2 Å². The number of hydrogen-bond acceptors (Lipinski definition) is 5. The predicted octanol–water partition coefficient (Wildman–Crippen LogP) is 1.46. The molecule has 0 aliphatic rings. The smallest absolute Gasteiger partial charge is 0.341 e. The van der Waals surface area contributed by atoms with Crippen LogP contribution < -0.4 is 5.73 Å². The molecule has 0 bridgehead atoms. The molecule has 0 radical (unpaired) electrons. The maximum atomic E-state index is 11.5. The highest BCUT2D eigenvalue weighted by Crippen LogP contribution is 2.11. The number of nitrogens with two attached hydrogens (primary N) is 1. The monoisotopic (exact) mass is 260 g/mol. The molecule has 0 aliphatic heterocycles. The second-order valence-corrected chi connectivity index (χ2v) is 4.12. The lowest BCUT2D eigenvalue weighted by molar-refractivity contribution is 0.0526. The van der Waals surface area contributed by atoms with E-state index in [-0.39, 0.29) is 12.0 Å². The topological polar surface area (TPSA) is 83.0 Å². The van der Waals surface area contributed by atoms with Crippen LogP contribution in [-0.4, -0.2) is 27.3 Å². The van der Waals surface area contributed by atoms with Crippen LogP contribution in [-0.2, 0) is 4.74 Å². The third kappa shape index (κ3) is 2.97. The number of nitrogens with zero attached hydrogens (tertiary/aromatic N) is 3. The highest BCUT2D eigenvalue weighted by atomic mass is 16.5. The molecular weight excluding hydrogens is 244 g/mol. The van der Waals surface area contributed by atoms with Gasteiger partial charge in [0.25, 0.3) is 0 Å². The number of esters is 1. The molecule has 6 heteroatoms. The molecule has 2 N–H and O–H groups in total. The summed E-state index contributed by atoms with van der Waals surface area (Å²) in [5.74, 6) is -0.381. The number of hydrogen-bond donors (Lipinski definition) is 1. The van der Waals surface area contributed by atoms with Gasteiger partial charge in [0.1, 0.15) is 0 Å². The number of pyridine rings is 1. The van der Waals surface area contributed by atoms with E-state index in [0.29, 0.717) is 12.2 Å². The first-order chi connectivity index (χ1) is 9.11. The fourth-order valence-corrected chi connectivity index (χ4v) is 1.59. The van der Waals surface area contributed by atoms with Crippen molar-refractivity contribution >= 4 is 5.97 Å². The molecule has 0 spiro atoms. The van der Waals surface area contributed by atoms with Crippen LogP contribution in [0.25, 0.3) is 5.69 Å². The van der Waals surface area contributed by atoms with E-state index < -0.39 is 0 Å². The molecule has 2 aromatic heterocycles. The summed E-state index contributed by atoms with van der Waals surface area (Å²) in [5.41, 5.74) is 7.72. The first-order valence-electron chi connectivity index (χ1n) is 6.05. The Bertz CT molecular complexity index is 560. The second-order valence-electron chi connectivity index (χ2n) is 4.12. The van der Waals surface area contributed by atoms with E-state index in [0.717, 1.165) is 11.4 Å². The fraction of sp³-hybridized carbons (Fsp3) is 0.308. The van der Waals surface area contributed by atoms with Crippen molar-refractivity contribution in [3.8, 4) is 5.69 Å². The molecule has 0 aliphatic carbocycles. The van der Waals surface area contributed by atoms with Crippen LogP contribution in [0.4, 0.5) is 0 Å². The van der Waals surface area contributed by atoms with Crippen molar-refractivity contribution in [2.45, 2.75) is 19.9 Å². The van der Waals surface area contributed by atoms with Crippen molar-refractivity contribution in [2.75, 3.05) is 6.61 Å². The molecule has 0 fully saturated rings. The molecule has 0 amide bonds. The third-order valence-corrected chi connectivity index (χ3v) is 2.60. The number of rotatable bonds is 4. The maximum Gasteiger partial charge on any atom is 0.341 e. The molecule has 6 nitrogen and oxygen atoms in total. The Morgan fingerprint density at radius 2 is 2.26 bits per heavy atom. The lowest BCUT2D eigenvalue weighted by Crippen LogP contribution is -2.07. The molecule has 1 unspecified atom stereocenters. The molecule has 2 aromatic rings. The Hall–Kier alpha value is -2.21. The summed E-state index contributed by atoms with van der Waals surface area (Å²) >= 11 is 0. The zero-order valence-corrected chi connectivity index (χ0v) is 10.9. The van der Waals surface area contributed by atoms with Crippen molar-refractivity contribution in [3.63, 3.8) is 0 Å². The number of carbonyl (C=O) groups excluding carboxylic acids is 1. The van der Waals surface area contributed by atoms with Crippen LogP contribution >= 0.6 is 0 Å². The lowest BCUT2D eigenvalue weighted by atomic mass is 10.2. The summed E-state index contributed by atoms with van der Waals surface area (Å²) in [6, 6.07) is 3.58.